The fourth-order valence-corrected chi connectivity index (χ4v) is 3.50. The Labute approximate surface area is 121 Å². The molecule has 3 rings (SSSR count). The van der Waals surface area contributed by atoms with Crippen molar-refractivity contribution in [3.63, 3.8) is 0 Å². The van der Waals surface area contributed by atoms with Crippen LogP contribution in [0.2, 0.25) is 0 Å². The van der Waals surface area contributed by atoms with Crippen molar-refractivity contribution in [3.8, 4) is 0 Å². The maximum Gasteiger partial charge on any atom is 0.226 e. The third-order valence-electron chi connectivity index (χ3n) is 4.58. The van der Waals surface area contributed by atoms with Crippen LogP contribution >= 0.6 is 0 Å². The molecule has 0 aromatic heterocycles. The summed E-state index contributed by atoms with van der Waals surface area (Å²) in [6.07, 6.45) is 2.96. The van der Waals surface area contributed by atoms with Crippen LogP contribution in [-0.2, 0) is 17.6 Å². The third kappa shape index (κ3) is 2.73. The van der Waals surface area contributed by atoms with Gasteiger partial charge in [-0.2, -0.15) is 0 Å². The highest BCUT2D eigenvalue weighted by molar-refractivity contribution is 5.79. The van der Waals surface area contributed by atoms with Gasteiger partial charge in [0.2, 0.25) is 5.91 Å². The van der Waals surface area contributed by atoms with E-state index in [-0.39, 0.29) is 11.5 Å². The number of benzene rings is 1. The molecule has 3 heteroatoms. The Hall–Kier alpha value is -1.35. The summed E-state index contributed by atoms with van der Waals surface area (Å²) in [5.74, 6) is 0.535. The molecule has 0 saturated carbocycles. The molecule has 2 aliphatic rings. The average Bonchev–Trinajstić information content (AvgIpc) is 2.45. The summed E-state index contributed by atoms with van der Waals surface area (Å²) in [6, 6.07) is 8.56. The number of amides is 1. The van der Waals surface area contributed by atoms with Crippen molar-refractivity contribution in [2.24, 2.45) is 5.92 Å². The van der Waals surface area contributed by atoms with Crippen LogP contribution in [0.1, 0.15) is 31.4 Å². The van der Waals surface area contributed by atoms with E-state index in [0.717, 1.165) is 38.9 Å². The van der Waals surface area contributed by atoms with Crippen LogP contribution in [0, 0.1) is 5.92 Å². The molecule has 20 heavy (non-hydrogen) atoms. The number of hydrogen-bond acceptors (Lipinski definition) is 2. The number of piperazine rings is 1. The molecule has 1 aromatic rings. The minimum atomic E-state index is 0.0421. The van der Waals surface area contributed by atoms with Crippen molar-refractivity contribution < 1.29 is 4.79 Å². The molecule has 1 aliphatic carbocycles. The Balaban J connectivity index is 1.70. The third-order valence-corrected chi connectivity index (χ3v) is 4.58. The monoisotopic (exact) mass is 272 g/mol. The van der Waals surface area contributed by atoms with E-state index in [9.17, 15) is 4.79 Å². The molecular weight excluding hydrogens is 248 g/mol. The maximum absolute atomic E-state index is 12.7. The van der Waals surface area contributed by atoms with E-state index in [4.69, 9.17) is 0 Å². The summed E-state index contributed by atoms with van der Waals surface area (Å²) in [5, 5.41) is 3.47. The van der Waals surface area contributed by atoms with Gasteiger partial charge in [-0.3, -0.25) is 4.79 Å². The van der Waals surface area contributed by atoms with Crippen molar-refractivity contribution in [1.29, 1.82) is 0 Å². The number of nitrogens with zero attached hydrogens (tertiary/aromatic N) is 1. The number of rotatable bonds is 1. The molecule has 1 aliphatic heterocycles. The van der Waals surface area contributed by atoms with E-state index in [1.54, 1.807) is 0 Å². The molecule has 1 aromatic carbocycles. The average molecular weight is 272 g/mol. The Morgan fingerprint density at radius 3 is 2.80 bits per heavy atom. The second-order valence-electron chi connectivity index (χ2n) is 6.78. The molecule has 1 N–H and O–H groups in total. The van der Waals surface area contributed by atoms with Gasteiger partial charge in [-0.05, 0) is 44.2 Å². The van der Waals surface area contributed by atoms with Gasteiger partial charge in [0, 0.05) is 31.1 Å². The Morgan fingerprint density at radius 1 is 1.30 bits per heavy atom. The number of carbonyl (C=O) groups excluding carboxylic acids is 1. The van der Waals surface area contributed by atoms with E-state index >= 15 is 0 Å². The molecule has 1 amide bonds. The normalized spacial score (nSPS) is 25.1. The molecular formula is C17H24N2O. The first-order chi connectivity index (χ1) is 9.55. The Bertz CT molecular complexity index is 509. The summed E-state index contributed by atoms with van der Waals surface area (Å²) in [7, 11) is 0. The van der Waals surface area contributed by atoms with Gasteiger partial charge in [-0.15, -0.1) is 0 Å². The molecule has 1 atom stereocenters. The van der Waals surface area contributed by atoms with Gasteiger partial charge in [-0.25, -0.2) is 0 Å². The first-order valence-electron chi connectivity index (χ1n) is 7.66. The van der Waals surface area contributed by atoms with Gasteiger partial charge in [0.15, 0.2) is 0 Å². The van der Waals surface area contributed by atoms with Crippen molar-refractivity contribution in [1.82, 2.24) is 10.2 Å². The van der Waals surface area contributed by atoms with Gasteiger partial charge in [0.25, 0.3) is 0 Å². The van der Waals surface area contributed by atoms with Crippen LogP contribution in [0.15, 0.2) is 24.3 Å². The van der Waals surface area contributed by atoms with E-state index in [1.807, 2.05) is 0 Å². The molecule has 1 saturated heterocycles. The van der Waals surface area contributed by atoms with E-state index < -0.39 is 0 Å². The van der Waals surface area contributed by atoms with Crippen molar-refractivity contribution in [2.45, 2.75) is 38.6 Å². The second kappa shape index (κ2) is 5.21. The smallest absolute Gasteiger partial charge is 0.226 e. The lowest BCUT2D eigenvalue weighted by atomic mass is 9.83. The molecule has 108 valence electrons. The predicted molar refractivity (Wildman–Crippen MR) is 80.6 cm³/mol. The number of nitrogens with one attached hydrogen (secondary N) is 1. The van der Waals surface area contributed by atoms with Crippen LogP contribution in [0.5, 0.6) is 0 Å². The molecule has 0 bridgehead atoms. The lowest BCUT2D eigenvalue weighted by molar-refractivity contribution is -0.138. The van der Waals surface area contributed by atoms with Crippen LogP contribution in [0.25, 0.3) is 0 Å². The molecule has 1 unspecified atom stereocenters. The number of carbonyl (C=O) groups is 1. The first kappa shape index (κ1) is 13.6. The summed E-state index contributed by atoms with van der Waals surface area (Å²) < 4.78 is 0. The van der Waals surface area contributed by atoms with Crippen LogP contribution in [-0.4, -0.2) is 36.0 Å². The van der Waals surface area contributed by atoms with Crippen LogP contribution in [0.3, 0.4) is 0 Å². The highest BCUT2D eigenvalue weighted by Gasteiger charge is 2.33. The van der Waals surface area contributed by atoms with Crippen LogP contribution in [0.4, 0.5) is 0 Å². The molecule has 0 spiro atoms. The summed E-state index contributed by atoms with van der Waals surface area (Å²) in [4.78, 5) is 14.8. The fraction of sp³-hybridized carbons (Fsp3) is 0.588. The summed E-state index contributed by atoms with van der Waals surface area (Å²) in [6.45, 7) is 6.91. The highest BCUT2D eigenvalue weighted by Crippen LogP contribution is 2.27. The maximum atomic E-state index is 12.7. The predicted octanol–water partition coefficient (Wildman–Crippen LogP) is 2.00. The second-order valence-corrected chi connectivity index (χ2v) is 6.78. The summed E-state index contributed by atoms with van der Waals surface area (Å²) >= 11 is 0. The van der Waals surface area contributed by atoms with Crippen LogP contribution < -0.4 is 5.32 Å². The van der Waals surface area contributed by atoms with Crippen molar-refractivity contribution >= 4 is 5.91 Å². The molecule has 3 nitrogen and oxygen atoms in total. The quantitative estimate of drug-likeness (QED) is 0.848. The van der Waals surface area contributed by atoms with Gasteiger partial charge < -0.3 is 10.2 Å². The van der Waals surface area contributed by atoms with Crippen molar-refractivity contribution in [2.75, 3.05) is 19.6 Å². The number of aryl methyl sites for hydroxylation is 1. The number of fused-ring (bicyclic) bond motifs is 1. The number of hydrogen-bond donors (Lipinski definition) is 1. The van der Waals surface area contributed by atoms with E-state index in [0.29, 0.717) is 5.91 Å². The Morgan fingerprint density at radius 2 is 2.05 bits per heavy atom. The van der Waals surface area contributed by atoms with Gasteiger partial charge in [-0.1, -0.05) is 24.3 Å². The van der Waals surface area contributed by atoms with Gasteiger partial charge in [0.1, 0.15) is 0 Å². The minimum Gasteiger partial charge on any atom is -0.339 e. The molecule has 1 fully saturated rings. The molecule has 0 radical (unpaired) electrons. The standard InChI is InChI=1S/C17H24N2O/c1-17(2)12-19(10-9-18-17)16(20)15-8-7-13-5-3-4-6-14(13)11-15/h3-6,15,18H,7-12H2,1-2H3. The fourth-order valence-electron chi connectivity index (χ4n) is 3.50. The van der Waals surface area contributed by atoms with E-state index in [2.05, 4.69) is 48.3 Å². The van der Waals surface area contributed by atoms with Crippen molar-refractivity contribution in [3.05, 3.63) is 35.4 Å². The lowest BCUT2D eigenvalue weighted by Gasteiger charge is -2.41. The Kier molecular flexibility index (Phi) is 3.55. The molecule has 1 heterocycles. The first-order valence-corrected chi connectivity index (χ1v) is 7.66. The zero-order valence-electron chi connectivity index (χ0n) is 12.5. The SMILES string of the molecule is CC1(C)CN(C(=O)C2CCc3ccccc3C2)CCN1. The zero-order valence-corrected chi connectivity index (χ0v) is 12.5. The van der Waals surface area contributed by atoms with E-state index in [1.165, 1.54) is 11.1 Å². The highest BCUT2D eigenvalue weighted by atomic mass is 16.2. The topological polar surface area (TPSA) is 32.3 Å². The lowest BCUT2D eigenvalue weighted by Crippen LogP contribution is -2.59. The minimum absolute atomic E-state index is 0.0421. The largest absolute Gasteiger partial charge is 0.339 e. The zero-order chi connectivity index (χ0) is 14.2. The van der Waals surface area contributed by atoms with Gasteiger partial charge >= 0.3 is 0 Å². The summed E-state index contributed by atoms with van der Waals surface area (Å²) in [5.41, 5.74) is 2.84. The van der Waals surface area contributed by atoms with Gasteiger partial charge in [0.05, 0.1) is 0 Å².